The molecule has 1 aliphatic heterocycles. The lowest BCUT2D eigenvalue weighted by atomic mass is 10.2. The summed E-state index contributed by atoms with van der Waals surface area (Å²) in [6, 6.07) is 0. The lowest BCUT2D eigenvalue weighted by Crippen LogP contribution is -2.44. The monoisotopic (exact) mass is 248 g/mol. The highest BCUT2D eigenvalue weighted by molar-refractivity contribution is 6.74. The summed E-state index contributed by atoms with van der Waals surface area (Å²) in [4.78, 5) is 0. The fourth-order valence-corrected chi connectivity index (χ4v) is 2.33. The lowest BCUT2D eigenvalue weighted by molar-refractivity contribution is -0.00295. The molecule has 1 aliphatic rings. The topological polar surface area (TPSA) is 58.9 Å². The van der Waals surface area contributed by atoms with Crippen LogP contribution in [0.4, 0.5) is 0 Å². The maximum Gasteiger partial charge on any atom is 0.192 e. The van der Waals surface area contributed by atoms with Crippen LogP contribution in [-0.2, 0) is 9.16 Å². The lowest BCUT2D eigenvalue weighted by Gasteiger charge is -2.37. The Morgan fingerprint density at radius 3 is 2.25 bits per heavy atom. The van der Waals surface area contributed by atoms with E-state index in [0.29, 0.717) is 6.61 Å². The molecule has 16 heavy (non-hydrogen) atoms. The molecule has 96 valence electrons. The van der Waals surface area contributed by atoms with E-state index in [9.17, 15) is 10.2 Å². The second kappa shape index (κ2) is 4.74. The Kier molecular flexibility index (Phi) is 4.18. The number of ether oxygens (including phenoxy) is 1. The third-order valence-corrected chi connectivity index (χ3v) is 8.17. The highest BCUT2D eigenvalue weighted by Gasteiger charge is 2.40. The van der Waals surface area contributed by atoms with Crippen LogP contribution in [0.15, 0.2) is 0 Å². The summed E-state index contributed by atoms with van der Waals surface area (Å²) in [6.07, 6.45) is -1.97. The molecule has 4 nitrogen and oxygen atoms in total. The van der Waals surface area contributed by atoms with Crippen LogP contribution in [0.1, 0.15) is 20.8 Å². The van der Waals surface area contributed by atoms with E-state index in [1.54, 1.807) is 0 Å². The molecule has 0 radical (unpaired) electrons. The Morgan fingerprint density at radius 1 is 1.31 bits per heavy atom. The zero-order valence-corrected chi connectivity index (χ0v) is 11.9. The van der Waals surface area contributed by atoms with Crippen LogP contribution in [0.2, 0.25) is 18.1 Å². The van der Waals surface area contributed by atoms with Gasteiger partial charge in [0.15, 0.2) is 8.32 Å². The minimum Gasteiger partial charge on any atom is -0.414 e. The molecule has 0 aromatic heterocycles. The number of rotatable bonds is 3. The summed E-state index contributed by atoms with van der Waals surface area (Å²) in [6.45, 7) is 11.4. The van der Waals surface area contributed by atoms with Crippen molar-refractivity contribution < 1.29 is 19.4 Å². The molecular formula is C11H24O4Si. The molecule has 0 saturated carbocycles. The van der Waals surface area contributed by atoms with Gasteiger partial charge in [0, 0.05) is 0 Å². The van der Waals surface area contributed by atoms with Crippen LogP contribution in [0.5, 0.6) is 0 Å². The SMILES string of the molecule is CC(C)(C)[Si](C)(C)OCC1OCC(O)C1O. The second-order valence-corrected chi connectivity index (χ2v) is 10.8. The molecule has 1 saturated heterocycles. The van der Waals surface area contributed by atoms with Gasteiger partial charge in [-0.15, -0.1) is 0 Å². The number of hydrogen-bond donors (Lipinski definition) is 2. The molecule has 0 amide bonds. The summed E-state index contributed by atoms with van der Waals surface area (Å²) in [5.74, 6) is 0. The van der Waals surface area contributed by atoms with E-state index >= 15 is 0 Å². The van der Waals surface area contributed by atoms with Crippen molar-refractivity contribution in [3.63, 3.8) is 0 Å². The average molecular weight is 248 g/mol. The normalized spacial score (nSPS) is 32.1. The maximum absolute atomic E-state index is 9.62. The Labute approximate surface area is 98.7 Å². The molecule has 1 fully saturated rings. The smallest absolute Gasteiger partial charge is 0.192 e. The van der Waals surface area contributed by atoms with E-state index < -0.39 is 20.5 Å². The van der Waals surface area contributed by atoms with Gasteiger partial charge in [-0.05, 0) is 18.1 Å². The first kappa shape index (κ1) is 14.1. The molecule has 0 aromatic carbocycles. The number of aliphatic hydroxyl groups is 2. The highest BCUT2D eigenvalue weighted by atomic mass is 28.4. The first-order valence-electron chi connectivity index (χ1n) is 5.77. The molecule has 3 atom stereocenters. The van der Waals surface area contributed by atoms with Crippen LogP contribution in [-0.4, -0.2) is 50.1 Å². The molecule has 3 unspecified atom stereocenters. The summed E-state index contributed by atoms with van der Waals surface area (Å²) >= 11 is 0. The van der Waals surface area contributed by atoms with Crippen LogP contribution >= 0.6 is 0 Å². The second-order valence-electron chi connectivity index (χ2n) is 6.00. The molecule has 1 heterocycles. The molecule has 0 spiro atoms. The fraction of sp³-hybridized carbons (Fsp3) is 1.00. The van der Waals surface area contributed by atoms with Gasteiger partial charge in [-0.25, -0.2) is 0 Å². The number of hydrogen-bond acceptors (Lipinski definition) is 4. The predicted molar refractivity (Wildman–Crippen MR) is 64.9 cm³/mol. The van der Waals surface area contributed by atoms with Crippen molar-refractivity contribution in [2.24, 2.45) is 0 Å². The number of aliphatic hydroxyl groups excluding tert-OH is 2. The summed E-state index contributed by atoms with van der Waals surface area (Å²) in [7, 11) is -1.80. The van der Waals surface area contributed by atoms with Crippen LogP contribution in [0, 0.1) is 0 Å². The van der Waals surface area contributed by atoms with Crippen molar-refractivity contribution in [2.45, 2.75) is 57.2 Å². The minimum atomic E-state index is -1.80. The summed E-state index contributed by atoms with van der Waals surface area (Å²) < 4.78 is 11.2. The Balaban J connectivity index is 2.46. The third-order valence-electron chi connectivity index (χ3n) is 3.67. The van der Waals surface area contributed by atoms with Crippen molar-refractivity contribution >= 4 is 8.32 Å². The van der Waals surface area contributed by atoms with Crippen LogP contribution in [0.3, 0.4) is 0 Å². The van der Waals surface area contributed by atoms with Gasteiger partial charge in [0.05, 0.1) is 13.2 Å². The van der Waals surface area contributed by atoms with Crippen molar-refractivity contribution in [3.05, 3.63) is 0 Å². The van der Waals surface area contributed by atoms with Crippen molar-refractivity contribution in [1.82, 2.24) is 0 Å². The Morgan fingerprint density at radius 2 is 1.88 bits per heavy atom. The highest BCUT2D eigenvalue weighted by Crippen LogP contribution is 2.36. The van der Waals surface area contributed by atoms with Gasteiger partial charge in [-0.2, -0.15) is 0 Å². The van der Waals surface area contributed by atoms with Gasteiger partial charge < -0.3 is 19.4 Å². The first-order chi connectivity index (χ1) is 7.15. The molecule has 2 N–H and O–H groups in total. The largest absolute Gasteiger partial charge is 0.414 e. The van der Waals surface area contributed by atoms with E-state index in [2.05, 4.69) is 33.9 Å². The fourth-order valence-electron chi connectivity index (χ4n) is 1.32. The maximum atomic E-state index is 9.62. The van der Waals surface area contributed by atoms with E-state index in [1.165, 1.54) is 0 Å². The van der Waals surface area contributed by atoms with Gasteiger partial charge in [-0.1, -0.05) is 20.8 Å². The van der Waals surface area contributed by atoms with Gasteiger partial charge in [0.25, 0.3) is 0 Å². The van der Waals surface area contributed by atoms with Crippen LogP contribution in [0.25, 0.3) is 0 Å². The average Bonchev–Trinajstić information content (AvgIpc) is 2.43. The molecule has 5 heteroatoms. The summed E-state index contributed by atoms with van der Waals surface area (Å²) in [5.41, 5.74) is 0. The van der Waals surface area contributed by atoms with E-state index in [0.717, 1.165) is 0 Å². The van der Waals surface area contributed by atoms with E-state index in [1.807, 2.05) is 0 Å². The van der Waals surface area contributed by atoms with Crippen LogP contribution < -0.4 is 0 Å². The minimum absolute atomic E-state index is 0.148. The molecular weight excluding hydrogens is 224 g/mol. The van der Waals surface area contributed by atoms with Gasteiger partial charge in [-0.3, -0.25) is 0 Å². The van der Waals surface area contributed by atoms with Crippen molar-refractivity contribution in [1.29, 1.82) is 0 Å². The van der Waals surface area contributed by atoms with E-state index in [4.69, 9.17) is 9.16 Å². The molecule has 0 bridgehead atoms. The Bertz CT molecular complexity index is 237. The first-order valence-corrected chi connectivity index (χ1v) is 8.67. The van der Waals surface area contributed by atoms with Gasteiger partial charge >= 0.3 is 0 Å². The third kappa shape index (κ3) is 3.04. The van der Waals surface area contributed by atoms with Gasteiger partial charge in [0.1, 0.15) is 18.3 Å². The zero-order valence-electron chi connectivity index (χ0n) is 10.9. The standard InChI is InChI=1S/C11H24O4Si/c1-11(2,3)16(4,5)15-7-9-10(13)8(12)6-14-9/h8-10,12-13H,6-7H2,1-5H3. The predicted octanol–water partition coefficient (Wildman–Crippen LogP) is 1.13. The van der Waals surface area contributed by atoms with Crippen molar-refractivity contribution in [2.75, 3.05) is 13.2 Å². The molecule has 1 rings (SSSR count). The molecule has 0 aliphatic carbocycles. The van der Waals surface area contributed by atoms with Gasteiger partial charge in [0.2, 0.25) is 0 Å². The molecule has 0 aromatic rings. The van der Waals surface area contributed by atoms with E-state index in [-0.39, 0.29) is 17.7 Å². The quantitative estimate of drug-likeness (QED) is 0.735. The Hall–Kier alpha value is 0.0569. The summed E-state index contributed by atoms with van der Waals surface area (Å²) in [5, 5.41) is 19.1. The van der Waals surface area contributed by atoms with Crippen molar-refractivity contribution in [3.8, 4) is 0 Å². The zero-order chi connectivity index (χ0) is 12.6.